The molecule has 0 aromatic heterocycles. The number of Topliss-reactive ketones (excluding diaryl/α,β-unsaturated/α-hetero) is 2. The van der Waals surface area contributed by atoms with Crippen molar-refractivity contribution in [2.75, 3.05) is 19.8 Å². The smallest absolute Gasteiger partial charge is 0.324 e. The Morgan fingerprint density at radius 3 is 2.50 bits per heavy atom. The van der Waals surface area contributed by atoms with Gasteiger partial charge in [0.05, 0.1) is 22.1 Å². The molecule has 1 fully saturated rings. The summed E-state index contributed by atoms with van der Waals surface area (Å²) >= 11 is 12.2. The quantitative estimate of drug-likeness (QED) is 0.591. The lowest BCUT2D eigenvalue weighted by molar-refractivity contribution is -0.152. The van der Waals surface area contributed by atoms with Crippen molar-refractivity contribution in [3.05, 3.63) is 33.3 Å². The van der Waals surface area contributed by atoms with Crippen molar-refractivity contribution < 1.29 is 23.9 Å². The molecule has 0 bridgehead atoms. The number of carbonyl (C=O) groups is 3. The summed E-state index contributed by atoms with van der Waals surface area (Å²) in [5.41, 5.74) is -0.160. The van der Waals surface area contributed by atoms with Gasteiger partial charge in [-0.2, -0.15) is 0 Å². The first-order valence-electron chi connectivity index (χ1n) is 7.75. The van der Waals surface area contributed by atoms with E-state index in [1.807, 2.05) is 0 Å². The first kappa shape index (κ1) is 17.4. The van der Waals surface area contributed by atoms with Crippen molar-refractivity contribution in [2.24, 2.45) is 5.92 Å². The van der Waals surface area contributed by atoms with Gasteiger partial charge in [-0.05, 0) is 37.5 Å². The number of hydrogen-bond donors (Lipinski definition) is 0. The second-order valence-electron chi connectivity index (χ2n) is 5.92. The van der Waals surface area contributed by atoms with Gasteiger partial charge in [0.2, 0.25) is 0 Å². The fourth-order valence-corrected chi connectivity index (χ4v) is 3.83. The van der Waals surface area contributed by atoms with E-state index < -0.39 is 28.9 Å². The Labute approximate surface area is 149 Å². The summed E-state index contributed by atoms with van der Waals surface area (Å²) in [4.78, 5) is 38.2. The van der Waals surface area contributed by atoms with Gasteiger partial charge >= 0.3 is 5.97 Å². The molecule has 24 heavy (non-hydrogen) atoms. The maximum atomic E-state index is 13.1. The fraction of sp³-hybridized carbons (Fsp3) is 0.471. The minimum absolute atomic E-state index is 0.0975. The summed E-state index contributed by atoms with van der Waals surface area (Å²) in [7, 11) is 0. The Morgan fingerprint density at radius 2 is 1.88 bits per heavy atom. The third-order valence-electron chi connectivity index (χ3n) is 4.71. The van der Waals surface area contributed by atoms with Crippen LogP contribution in [-0.4, -0.2) is 37.4 Å². The molecule has 0 N–H and O–H groups in total. The highest BCUT2D eigenvalue weighted by molar-refractivity contribution is 6.42. The number of fused-ring (bicyclic) bond motifs is 2. The molecule has 3 rings (SSSR count). The average Bonchev–Trinajstić information content (AvgIpc) is 2.56. The molecule has 1 unspecified atom stereocenters. The van der Waals surface area contributed by atoms with E-state index in [4.69, 9.17) is 32.7 Å². The summed E-state index contributed by atoms with van der Waals surface area (Å²) in [5, 5.41) is 0.486. The van der Waals surface area contributed by atoms with Crippen LogP contribution in [0.5, 0.6) is 0 Å². The maximum absolute atomic E-state index is 13.1. The van der Waals surface area contributed by atoms with E-state index in [2.05, 4.69) is 0 Å². The zero-order chi connectivity index (χ0) is 17.5. The molecule has 128 valence electrons. The third-order valence-corrected chi connectivity index (χ3v) is 5.43. The molecule has 7 heteroatoms. The van der Waals surface area contributed by atoms with Gasteiger partial charge < -0.3 is 9.47 Å². The number of esters is 1. The fourth-order valence-electron chi connectivity index (χ4n) is 3.51. The summed E-state index contributed by atoms with van der Waals surface area (Å²) in [6.07, 6.45) is 0.778. The van der Waals surface area contributed by atoms with Crippen molar-refractivity contribution >= 4 is 40.7 Å². The van der Waals surface area contributed by atoms with Gasteiger partial charge in [0, 0.05) is 18.8 Å². The lowest BCUT2D eigenvalue weighted by Gasteiger charge is -2.42. The molecule has 2 aliphatic rings. The van der Waals surface area contributed by atoms with Crippen LogP contribution in [-0.2, 0) is 24.5 Å². The number of halogens is 2. The van der Waals surface area contributed by atoms with Gasteiger partial charge in [-0.15, -0.1) is 0 Å². The minimum Gasteiger partial charge on any atom is -0.465 e. The largest absolute Gasteiger partial charge is 0.465 e. The van der Waals surface area contributed by atoms with Crippen molar-refractivity contribution in [1.29, 1.82) is 0 Å². The SMILES string of the molecule is CCOC(=O)C1C(=O)c2cc(Cl)c(Cl)cc2C2(CCOCC2)C1=O. The van der Waals surface area contributed by atoms with Crippen LogP contribution in [0.3, 0.4) is 0 Å². The first-order chi connectivity index (χ1) is 11.4. The number of ether oxygens (including phenoxy) is 2. The highest BCUT2D eigenvalue weighted by atomic mass is 35.5. The summed E-state index contributed by atoms with van der Waals surface area (Å²) < 4.78 is 10.3. The second-order valence-corrected chi connectivity index (χ2v) is 6.73. The Balaban J connectivity index is 2.20. The van der Waals surface area contributed by atoms with Gasteiger partial charge in [-0.1, -0.05) is 23.2 Å². The Morgan fingerprint density at radius 1 is 1.25 bits per heavy atom. The van der Waals surface area contributed by atoms with Gasteiger partial charge in [-0.3, -0.25) is 14.4 Å². The monoisotopic (exact) mass is 370 g/mol. The molecule has 1 atom stereocenters. The van der Waals surface area contributed by atoms with Crippen LogP contribution in [0.25, 0.3) is 0 Å². The maximum Gasteiger partial charge on any atom is 0.324 e. The topological polar surface area (TPSA) is 69.7 Å². The molecular formula is C17H16Cl2O5. The van der Waals surface area contributed by atoms with Crippen LogP contribution in [0.1, 0.15) is 35.7 Å². The van der Waals surface area contributed by atoms with Crippen LogP contribution in [0.4, 0.5) is 0 Å². The van der Waals surface area contributed by atoms with Crippen LogP contribution >= 0.6 is 23.2 Å². The zero-order valence-electron chi connectivity index (χ0n) is 13.1. The molecule has 1 saturated heterocycles. The van der Waals surface area contributed by atoms with Gasteiger partial charge in [0.15, 0.2) is 17.5 Å². The average molecular weight is 371 g/mol. The van der Waals surface area contributed by atoms with E-state index in [0.717, 1.165) is 0 Å². The van der Waals surface area contributed by atoms with Crippen molar-refractivity contribution in [3.63, 3.8) is 0 Å². The predicted molar refractivity (Wildman–Crippen MR) is 87.7 cm³/mol. The Hall–Kier alpha value is -1.43. The summed E-state index contributed by atoms with van der Waals surface area (Å²) in [6, 6.07) is 3.01. The molecule has 5 nitrogen and oxygen atoms in total. The van der Waals surface area contributed by atoms with Crippen molar-refractivity contribution in [3.8, 4) is 0 Å². The molecule has 0 amide bonds. The molecule has 1 spiro atoms. The van der Waals surface area contributed by atoms with Crippen LogP contribution in [0.15, 0.2) is 12.1 Å². The molecule has 0 saturated carbocycles. The summed E-state index contributed by atoms with van der Waals surface area (Å²) in [5.74, 6) is -3.27. The lowest BCUT2D eigenvalue weighted by Crippen LogP contribution is -2.53. The van der Waals surface area contributed by atoms with E-state index >= 15 is 0 Å². The molecule has 1 aromatic rings. The summed E-state index contributed by atoms with van der Waals surface area (Å²) in [6.45, 7) is 2.47. The van der Waals surface area contributed by atoms with E-state index in [1.165, 1.54) is 6.07 Å². The highest BCUT2D eigenvalue weighted by Crippen LogP contribution is 2.46. The highest BCUT2D eigenvalue weighted by Gasteiger charge is 2.55. The van der Waals surface area contributed by atoms with E-state index in [-0.39, 0.29) is 22.2 Å². The van der Waals surface area contributed by atoms with Crippen molar-refractivity contribution in [1.82, 2.24) is 0 Å². The predicted octanol–water partition coefficient (Wildman–Crippen LogP) is 2.99. The number of hydrogen-bond acceptors (Lipinski definition) is 5. The number of benzene rings is 1. The van der Waals surface area contributed by atoms with Crippen LogP contribution < -0.4 is 0 Å². The minimum atomic E-state index is -1.45. The molecule has 1 heterocycles. The Kier molecular flexibility index (Phi) is 4.69. The third kappa shape index (κ3) is 2.55. The number of ketones is 2. The molecule has 1 aliphatic heterocycles. The van der Waals surface area contributed by atoms with Crippen LogP contribution in [0, 0.1) is 5.92 Å². The second kappa shape index (κ2) is 6.47. The Bertz CT molecular complexity index is 722. The van der Waals surface area contributed by atoms with Crippen LogP contribution in [0.2, 0.25) is 10.0 Å². The lowest BCUT2D eigenvalue weighted by atomic mass is 9.61. The normalized spacial score (nSPS) is 22.4. The standard InChI is InChI=1S/C17H16Cl2O5/c1-2-24-16(22)13-14(20)9-7-11(18)12(19)8-10(9)17(15(13)21)3-5-23-6-4-17/h7-8,13H,2-6H2,1H3. The molecule has 0 radical (unpaired) electrons. The van der Waals surface area contributed by atoms with Gasteiger partial charge in [-0.25, -0.2) is 0 Å². The van der Waals surface area contributed by atoms with E-state index in [9.17, 15) is 14.4 Å². The number of rotatable bonds is 2. The molecular weight excluding hydrogens is 355 g/mol. The van der Waals surface area contributed by atoms with Crippen molar-refractivity contribution in [2.45, 2.75) is 25.2 Å². The first-order valence-corrected chi connectivity index (χ1v) is 8.50. The van der Waals surface area contributed by atoms with E-state index in [0.29, 0.717) is 31.6 Å². The van der Waals surface area contributed by atoms with Gasteiger partial charge in [0.1, 0.15) is 0 Å². The van der Waals surface area contributed by atoms with E-state index in [1.54, 1.807) is 13.0 Å². The molecule has 1 aromatic carbocycles. The van der Waals surface area contributed by atoms with Gasteiger partial charge in [0.25, 0.3) is 0 Å². The molecule has 1 aliphatic carbocycles. The number of carbonyl (C=O) groups excluding carboxylic acids is 3. The zero-order valence-corrected chi connectivity index (χ0v) is 14.6.